The average molecular weight is 270 g/mol. The Morgan fingerprint density at radius 3 is 2.60 bits per heavy atom. The van der Waals surface area contributed by atoms with Gasteiger partial charge in [0, 0.05) is 11.6 Å². The van der Waals surface area contributed by atoms with Crippen LogP contribution in [0.2, 0.25) is 0 Å². The number of aryl methyl sites for hydroxylation is 1. The number of nitriles is 1. The summed E-state index contributed by atoms with van der Waals surface area (Å²) in [5, 5.41) is 9.15. The second kappa shape index (κ2) is 5.25. The Hall–Kier alpha value is -2.48. The van der Waals surface area contributed by atoms with Gasteiger partial charge < -0.3 is 15.0 Å². The second-order valence-electron chi connectivity index (χ2n) is 4.88. The fraction of sp³-hybridized carbons (Fsp3) is 0.333. The molecule has 0 spiro atoms. The molecule has 1 aromatic heterocycles. The highest BCUT2D eigenvalue weighted by molar-refractivity contribution is 5.73. The number of nitrogens with zero attached hydrogens (tertiary/aromatic N) is 3. The molecule has 5 nitrogen and oxygen atoms in total. The number of imidazole rings is 1. The molecule has 1 aromatic carbocycles. The summed E-state index contributed by atoms with van der Waals surface area (Å²) in [4.78, 5) is 4.52. The van der Waals surface area contributed by atoms with Crippen LogP contribution >= 0.6 is 0 Å². The monoisotopic (exact) mass is 270 g/mol. The lowest BCUT2D eigenvalue weighted by atomic mass is 10.1. The van der Waals surface area contributed by atoms with Gasteiger partial charge in [-0.15, -0.1) is 0 Å². The third-order valence-electron chi connectivity index (χ3n) is 3.23. The van der Waals surface area contributed by atoms with Crippen LogP contribution in [-0.2, 0) is 0 Å². The molecular formula is C15H18N4O. The molecule has 0 saturated carbocycles. The summed E-state index contributed by atoms with van der Waals surface area (Å²) in [6.07, 6.45) is 0. The van der Waals surface area contributed by atoms with E-state index in [4.69, 9.17) is 15.7 Å². The summed E-state index contributed by atoms with van der Waals surface area (Å²) < 4.78 is 7.12. The minimum Gasteiger partial charge on any atom is -0.495 e. The van der Waals surface area contributed by atoms with Gasteiger partial charge in [-0.1, -0.05) is 0 Å². The van der Waals surface area contributed by atoms with Crippen LogP contribution < -0.4 is 10.5 Å². The molecule has 0 fully saturated rings. The molecule has 0 saturated heterocycles. The van der Waals surface area contributed by atoms with Crippen molar-refractivity contribution in [2.75, 3.05) is 12.8 Å². The number of hydrogen-bond acceptors (Lipinski definition) is 4. The number of methoxy groups -OCH3 is 1. The normalized spacial score (nSPS) is 10.6. The Morgan fingerprint density at radius 1 is 1.40 bits per heavy atom. The molecule has 0 atom stereocenters. The van der Waals surface area contributed by atoms with Crippen LogP contribution in [0.5, 0.6) is 5.75 Å². The number of nitrogens with two attached hydrogens (primary N) is 1. The molecule has 2 rings (SSSR count). The van der Waals surface area contributed by atoms with Crippen molar-refractivity contribution >= 4 is 5.82 Å². The van der Waals surface area contributed by atoms with E-state index in [1.165, 1.54) is 0 Å². The van der Waals surface area contributed by atoms with Gasteiger partial charge in [-0.3, -0.25) is 0 Å². The lowest BCUT2D eigenvalue weighted by molar-refractivity contribution is 0.413. The summed E-state index contributed by atoms with van der Waals surface area (Å²) in [6.45, 7) is 6.04. The molecule has 2 N–H and O–H groups in total. The van der Waals surface area contributed by atoms with Gasteiger partial charge in [-0.25, -0.2) is 4.98 Å². The maximum absolute atomic E-state index is 9.15. The lowest BCUT2D eigenvalue weighted by Gasteiger charge is -2.11. The molecule has 0 bridgehead atoms. The van der Waals surface area contributed by atoms with Crippen molar-refractivity contribution in [2.24, 2.45) is 0 Å². The molecule has 0 aliphatic heterocycles. The molecule has 20 heavy (non-hydrogen) atoms. The number of benzene rings is 1. The third-order valence-corrected chi connectivity index (χ3v) is 3.23. The summed E-state index contributed by atoms with van der Waals surface area (Å²) in [5.74, 6) is 2.03. The van der Waals surface area contributed by atoms with E-state index in [0.29, 0.717) is 22.8 Å². The summed E-state index contributed by atoms with van der Waals surface area (Å²) in [7, 11) is 1.54. The first-order chi connectivity index (χ1) is 9.49. The van der Waals surface area contributed by atoms with Gasteiger partial charge in [0.2, 0.25) is 0 Å². The maximum Gasteiger partial charge on any atom is 0.136 e. The van der Waals surface area contributed by atoms with Crippen molar-refractivity contribution in [3.63, 3.8) is 0 Å². The lowest BCUT2D eigenvalue weighted by Crippen LogP contribution is -2.07. The molecule has 0 unspecified atom stereocenters. The minimum atomic E-state index is 0.241. The van der Waals surface area contributed by atoms with E-state index in [2.05, 4.69) is 24.9 Å². The minimum absolute atomic E-state index is 0.241. The van der Waals surface area contributed by atoms with Crippen LogP contribution in [0.3, 0.4) is 0 Å². The molecule has 0 aliphatic rings. The van der Waals surface area contributed by atoms with Crippen LogP contribution in [0.15, 0.2) is 18.2 Å². The van der Waals surface area contributed by atoms with E-state index in [1.807, 2.05) is 17.6 Å². The van der Waals surface area contributed by atoms with Gasteiger partial charge in [0.15, 0.2) is 0 Å². The zero-order valence-electron chi connectivity index (χ0n) is 12.1. The van der Waals surface area contributed by atoms with Crippen LogP contribution in [0.1, 0.15) is 31.3 Å². The van der Waals surface area contributed by atoms with Gasteiger partial charge in [-0.2, -0.15) is 5.26 Å². The largest absolute Gasteiger partial charge is 0.495 e. The number of anilines is 1. The average Bonchev–Trinajstić information content (AvgIpc) is 2.73. The Morgan fingerprint density at radius 2 is 2.10 bits per heavy atom. The Balaban J connectivity index is 2.58. The van der Waals surface area contributed by atoms with Gasteiger partial charge >= 0.3 is 0 Å². The van der Waals surface area contributed by atoms with Crippen LogP contribution in [0.4, 0.5) is 5.82 Å². The number of aromatic nitrogens is 2. The zero-order valence-corrected chi connectivity index (χ0v) is 12.1. The molecule has 1 heterocycles. The zero-order chi connectivity index (χ0) is 14.9. The fourth-order valence-electron chi connectivity index (χ4n) is 2.37. The topological polar surface area (TPSA) is 76.9 Å². The van der Waals surface area contributed by atoms with E-state index in [-0.39, 0.29) is 6.04 Å². The van der Waals surface area contributed by atoms with E-state index in [1.54, 1.807) is 19.2 Å². The second-order valence-corrected chi connectivity index (χ2v) is 4.88. The highest BCUT2D eigenvalue weighted by Crippen LogP contribution is 2.31. The van der Waals surface area contributed by atoms with E-state index in [0.717, 1.165) is 11.4 Å². The highest BCUT2D eigenvalue weighted by atomic mass is 16.5. The summed E-state index contributed by atoms with van der Waals surface area (Å²) in [6, 6.07) is 7.74. The first-order valence-electron chi connectivity index (χ1n) is 6.42. The molecular weight excluding hydrogens is 252 g/mol. The van der Waals surface area contributed by atoms with Crippen molar-refractivity contribution in [3.05, 3.63) is 29.6 Å². The number of rotatable bonds is 3. The highest BCUT2D eigenvalue weighted by Gasteiger charge is 2.16. The number of hydrogen-bond donors (Lipinski definition) is 1. The van der Waals surface area contributed by atoms with Crippen molar-refractivity contribution in [1.29, 1.82) is 5.26 Å². The van der Waals surface area contributed by atoms with Gasteiger partial charge in [0.1, 0.15) is 29.2 Å². The van der Waals surface area contributed by atoms with Crippen molar-refractivity contribution in [3.8, 4) is 23.1 Å². The Kier molecular flexibility index (Phi) is 3.66. The molecule has 2 aromatic rings. The Bertz CT molecular complexity index is 680. The van der Waals surface area contributed by atoms with E-state index < -0.39 is 0 Å². The first-order valence-corrected chi connectivity index (χ1v) is 6.42. The van der Waals surface area contributed by atoms with Crippen molar-refractivity contribution in [1.82, 2.24) is 9.55 Å². The van der Waals surface area contributed by atoms with Crippen molar-refractivity contribution < 1.29 is 4.74 Å². The standard InChI is InChI=1S/C15H18N4O/c1-9(2)19-10(3)18-14(15(19)17)11-5-6-13(20-4)12(7-11)8-16/h5-7,9H,17H2,1-4H3. The van der Waals surface area contributed by atoms with Crippen LogP contribution in [0.25, 0.3) is 11.3 Å². The SMILES string of the molecule is COc1ccc(-c2nc(C)n(C(C)C)c2N)cc1C#N. The third kappa shape index (κ3) is 2.21. The maximum atomic E-state index is 9.15. The fourth-order valence-corrected chi connectivity index (χ4v) is 2.37. The number of ether oxygens (including phenoxy) is 1. The molecule has 0 aliphatic carbocycles. The first kappa shape index (κ1) is 13.9. The molecule has 104 valence electrons. The van der Waals surface area contributed by atoms with Gasteiger partial charge in [-0.05, 0) is 39.0 Å². The molecule has 0 amide bonds. The summed E-state index contributed by atoms with van der Waals surface area (Å²) >= 11 is 0. The van der Waals surface area contributed by atoms with Crippen LogP contribution in [0, 0.1) is 18.3 Å². The number of nitrogen functional groups attached to an aromatic ring is 1. The predicted octanol–water partition coefficient (Wildman–Crippen LogP) is 2.90. The predicted molar refractivity (Wildman–Crippen MR) is 78.5 cm³/mol. The smallest absolute Gasteiger partial charge is 0.136 e. The van der Waals surface area contributed by atoms with Crippen molar-refractivity contribution in [2.45, 2.75) is 26.8 Å². The Labute approximate surface area is 118 Å². The summed E-state index contributed by atoms with van der Waals surface area (Å²) in [5.41, 5.74) is 8.18. The van der Waals surface area contributed by atoms with E-state index in [9.17, 15) is 0 Å². The van der Waals surface area contributed by atoms with Crippen LogP contribution in [-0.4, -0.2) is 16.7 Å². The molecule has 5 heteroatoms. The van der Waals surface area contributed by atoms with Gasteiger partial charge in [0.25, 0.3) is 0 Å². The quantitative estimate of drug-likeness (QED) is 0.930. The van der Waals surface area contributed by atoms with E-state index >= 15 is 0 Å². The molecule has 0 radical (unpaired) electrons. The van der Waals surface area contributed by atoms with Gasteiger partial charge in [0.05, 0.1) is 12.7 Å².